The Morgan fingerprint density at radius 1 is 1.30 bits per heavy atom. The van der Waals surface area contributed by atoms with E-state index in [9.17, 15) is 8.42 Å². The van der Waals surface area contributed by atoms with Gasteiger partial charge in [0.1, 0.15) is 5.82 Å². The topological polar surface area (TPSA) is 52.0 Å². The zero-order valence-corrected chi connectivity index (χ0v) is 13.4. The van der Waals surface area contributed by atoms with Crippen molar-refractivity contribution in [2.45, 2.75) is 25.8 Å². The summed E-state index contributed by atoms with van der Waals surface area (Å²) in [5.41, 5.74) is 0. The molecule has 3 heterocycles. The van der Waals surface area contributed by atoms with Crippen LogP contribution in [0.5, 0.6) is 0 Å². The summed E-state index contributed by atoms with van der Waals surface area (Å²) in [6.07, 6.45) is 6.28. The molecular weight excluding hydrogens is 298 g/mol. The second kappa shape index (κ2) is 5.66. The van der Waals surface area contributed by atoms with Crippen LogP contribution in [0, 0.1) is 6.92 Å². The normalized spacial score (nSPS) is 27.9. The molecule has 0 N–H and O–H groups in total. The number of quaternary nitrogens is 1. The van der Waals surface area contributed by atoms with Crippen LogP contribution in [0.1, 0.15) is 24.7 Å². The quantitative estimate of drug-likeness (QED) is 0.551. The first-order valence-electron chi connectivity index (χ1n) is 7.05. The molecule has 2 saturated heterocycles. The highest BCUT2D eigenvalue weighted by Crippen LogP contribution is 2.29. The van der Waals surface area contributed by atoms with Gasteiger partial charge in [0.2, 0.25) is 0 Å². The first kappa shape index (κ1) is 15.8. The molecule has 1 aromatic rings. The molecule has 114 valence electrons. The van der Waals surface area contributed by atoms with E-state index >= 15 is 0 Å². The second-order valence-corrected chi connectivity index (χ2v) is 8.33. The predicted octanol–water partition coefficient (Wildman–Crippen LogP) is -2.22. The molecule has 0 radical (unpaired) electrons. The standard InChI is InChI=1S/C13H22N3O2S.ClH/c1-12-14-4-5-15(12)13-3-2-6-16(11-13)7-9-19(17,18)10-8-16;/h4-5,13H,2-3,6-11H2,1H3;1H/q+1;/p-1. The van der Waals surface area contributed by atoms with Crippen LogP contribution < -0.4 is 12.4 Å². The van der Waals surface area contributed by atoms with Crippen LogP contribution in [-0.2, 0) is 9.84 Å². The monoisotopic (exact) mass is 319 g/mol. The van der Waals surface area contributed by atoms with Gasteiger partial charge in [-0.2, -0.15) is 0 Å². The van der Waals surface area contributed by atoms with Gasteiger partial charge in [0, 0.05) is 12.4 Å². The van der Waals surface area contributed by atoms with E-state index in [4.69, 9.17) is 0 Å². The highest BCUT2D eigenvalue weighted by Gasteiger charge is 2.40. The summed E-state index contributed by atoms with van der Waals surface area (Å²) in [4.78, 5) is 4.31. The van der Waals surface area contributed by atoms with E-state index in [1.807, 2.05) is 13.1 Å². The summed E-state index contributed by atoms with van der Waals surface area (Å²) in [6, 6.07) is 0.483. The predicted molar refractivity (Wildman–Crippen MR) is 73.6 cm³/mol. The van der Waals surface area contributed by atoms with Crippen molar-refractivity contribution >= 4 is 9.84 Å². The zero-order valence-electron chi connectivity index (χ0n) is 11.8. The molecule has 3 rings (SSSR count). The van der Waals surface area contributed by atoms with Gasteiger partial charge >= 0.3 is 0 Å². The fraction of sp³-hybridized carbons (Fsp3) is 0.769. The minimum absolute atomic E-state index is 0. The molecule has 0 bridgehead atoms. The summed E-state index contributed by atoms with van der Waals surface area (Å²) in [5, 5.41) is 0. The first-order chi connectivity index (χ1) is 9.00. The smallest absolute Gasteiger partial charge is 0.161 e. The van der Waals surface area contributed by atoms with Crippen LogP contribution in [-0.4, -0.2) is 60.1 Å². The fourth-order valence-electron chi connectivity index (χ4n) is 3.58. The van der Waals surface area contributed by atoms with E-state index in [-0.39, 0.29) is 12.4 Å². The number of halogens is 1. The lowest BCUT2D eigenvalue weighted by Gasteiger charge is -2.46. The lowest BCUT2D eigenvalue weighted by Crippen LogP contribution is -3.00. The number of nitrogens with zero attached hydrogens (tertiary/aromatic N) is 3. The molecule has 1 atom stereocenters. The number of sulfone groups is 1. The third-order valence-electron chi connectivity index (χ3n) is 4.78. The molecule has 1 spiro atoms. The van der Waals surface area contributed by atoms with E-state index in [0.29, 0.717) is 17.5 Å². The molecule has 2 fully saturated rings. The Morgan fingerprint density at radius 3 is 2.60 bits per heavy atom. The third kappa shape index (κ3) is 3.02. The number of hydrogen-bond acceptors (Lipinski definition) is 3. The van der Waals surface area contributed by atoms with Gasteiger partial charge in [-0.25, -0.2) is 13.4 Å². The van der Waals surface area contributed by atoms with Crippen molar-refractivity contribution < 1.29 is 25.3 Å². The van der Waals surface area contributed by atoms with Gasteiger partial charge in [-0.15, -0.1) is 0 Å². The molecule has 0 saturated carbocycles. The second-order valence-electron chi connectivity index (χ2n) is 6.02. The Bertz CT molecular complexity index is 556. The van der Waals surface area contributed by atoms with E-state index in [1.165, 1.54) is 12.8 Å². The van der Waals surface area contributed by atoms with E-state index in [2.05, 4.69) is 15.7 Å². The van der Waals surface area contributed by atoms with Crippen molar-refractivity contribution in [3.8, 4) is 0 Å². The number of rotatable bonds is 1. The molecule has 0 aromatic carbocycles. The minimum Gasteiger partial charge on any atom is -1.00 e. The van der Waals surface area contributed by atoms with E-state index < -0.39 is 9.84 Å². The Kier molecular flexibility index (Phi) is 4.47. The number of hydrogen-bond donors (Lipinski definition) is 0. The maximum Gasteiger partial charge on any atom is 0.161 e. The highest BCUT2D eigenvalue weighted by molar-refractivity contribution is 7.91. The van der Waals surface area contributed by atoms with Crippen molar-refractivity contribution in [2.75, 3.05) is 37.7 Å². The lowest BCUT2D eigenvalue weighted by atomic mass is 10.0. The number of aromatic nitrogens is 2. The van der Waals surface area contributed by atoms with Gasteiger partial charge in [-0.1, -0.05) is 0 Å². The average molecular weight is 320 g/mol. The van der Waals surface area contributed by atoms with Gasteiger partial charge in [-0.05, 0) is 19.8 Å². The molecule has 1 aromatic heterocycles. The third-order valence-corrected chi connectivity index (χ3v) is 6.39. The molecular formula is C13H22ClN3O2S. The van der Waals surface area contributed by atoms with Gasteiger partial charge in [-0.3, -0.25) is 0 Å². The Balaban J connectivity index is 0.00000147. The largest absolute Gasteiger partial charge is 1.00 e. The van der Waals surface area contributed by atoms with Gasteiger partial charge < -0.3 is 21.5 Å². The lowest BCUT2D eigenvalue weighted by molar-refractivity contribution is -0.931. The summed E-state index contributed by atoms with van der Waals surface area (Å²) >= 11 is 0. The van der Waals surface area contributed by atoms with Crippen molar-refractivity contribution in [1.29, 1.82) is 0 Å². The average Bonchev–Trinajstić information content (AvgIpc) is 2.81. The molecule has 5 nitrogen and oxygen atoms in total. The van der Waals surface area contributed by atoms with E-state index in [1.54, 1.807) is 0 Å². The summed E-state index contributed by atoms with van der Waals surface area (Å²) in [7, 11) is -2.77. The minimum atomic E-state index is -2.77. The summed E-state index contributed by atoms with van der Waals surface area (Å²) in [5.74, 6) is 1.79. The fourth-order valence-corrected chi connectivity index (χ4v) is 5.11. The molecule has 1 unspecified atom stereocenters. The van der Waals surface area contributed by atoms with E-state index in [0.717, 1.165) is 36.5 Å². The molecule has 0 amide bonds. The Morgan fingerprint density at radius 2 is 2.00 bits per heavy atom. The number of piperidine rings is 1. The van der Waals surface area contributed by atoms with Crippen LogP contribution in [0.25, 0.3) is 0 Å². The molecule has 0 aliphatic carbocycles. The summed E-state index contributed by atoms with van der Waals surface area (Å²) in [6.45, 7) is 5.84. The van der Waals surface area contributed by atoms with Crippen LogP contribution in [0.3, 0.4) is 0 Å². The molecule has 2 aliphatic heterocycles. The number of imidazole rings is 1. The highest BCUT2D eigenvalue weighted by atomic mass is 35.5. The molecule has 7 heteroatoms. The van der Waals surface area contributed by atoms with Crippen LogP contribution in [0.4, 0.5) is 0 Å². The van der Waals surface area contributed by atoms with Gasteiger partial charge in [0.15, 0.2) is 9.84 Å². The SMILES string of the molecule is Cc1nccn1C1CCC[N+]2(CCS(=O)(=O)CC2)C1.[Cl-]. The van der Waals surface area contributed by atoms with Crippen molar-refractivity contribution in [3.63, 3.8) is 0 Å². The molecule has 2 aliphatic rings. The van der Waals surface area contributed by atoms with Crippen LogP contribution in [0.15, 0.2) is 12.4 Å². The Labute approximate surface area is 126 Å². The van der Waals surface area contributed by atoms with Gasteiger partial charge in [0.05, 0.1) is 43.7 Å². The van der Waals surface area contributed by atoms with Crippen molar-refractivity contribution in [1.82, 2.24) is 9.55 Å². The Hall–Kier alpha value is -0.590. The zero-order chi connectivity index (χ0) is 13.5. The number of aryl methyl sites for hydroxylation is 1. The van der Waals surface area contributed by atoms with Crippen molar-refractivity contribution in [2.24, 2.45) is 0 Å². The van der Waals surface area contributed by atoms with Crippen molar-refractivity contribution in [3.05, 3.63) is 18.2 Å². The summed E-state index contributed by atoms with van der Waals surface area (Å²) < 4.78 is 26.5. The molecule has 20 heavy (non-hydrogen) atoms. The maximum absolute atomic E-state index is 11.6. The van der Waals surface area contributed by atoms with Crippen LogP contribution >= 0.6 is 0 Å². The van der Waals surface area contributed by atoms with Crippen LogP contribution in [0.2, 0.25) is 0 Å². The maximum atomic E-state index is 11.6. The van der Waals surface area contributed by atoms with Gasteiger partial charge in [0.25, 0.3) is 0 Å². The first-order valence-corrected chi connectivity index (χ1v) is 8.87.